The lowest BCUT2D eigenvalue weighted by Gasteiger charge is -2.23. The van der Waals surface area contributed by atoms with Gasteiger partial charge in [-0.1, -0.05) is 6.92 Å². The summed E-state index contributed by atoms with van der Waals surface area (Å²) in [6.07, 6.45) is 0.755. The van der Waals surface area contributed by atoms with Gasteiger partial charge in [0.25, 0.3) is 5.69 Å². The Labute approximate surface area is 118 Å². The zero-order valence-electron chi connectivity index (χ0n) is 9.90. The van der Waals surface area contributed by atoms with E-state index >= 15 is 0 Å². The van der Waals surface area contributed by atoms with E-state index in [2.05, 4.69) is 0 Å². The molecule has 0 atom stereocenters. The van der Waals surface area contributed by atoms with Crippen molar-refractivity contribution in [1.82, 2.24) is 0 Å². The molecule has 7 heteroatoms. The van der Waals surface area contributed by atoms with Crippen LogP contribution in [0.5, 0.6) is 0 Å². The first-order valence-corrected chi connectivity index (χ1v) is 6.58. The fraction of sp³-hybridized carbons (Fsp3) is 0.455. The van der Waals surface area contributed by atoms with Crippen molar-refractivity contribution >= 4 is 34.0 Å². The van der Waals surface area contributed by atoms with E-state index in [0.29, 0.717) is 6.54 Å². The normalized spacial score (nSPS) is 10.4. The third kappa shape index (κ3) is 3.52. The van der Waals surface area contributed by atoms with Gasteiger partial charge in [0, 0.05) is 25.2 Å². The van der Waals surface area contributed by atoms with Crippen LogP contribution in [0.15, 0.2) is 12.1 Å². The molecule has 0 spiro atoms. The second kappa shape index (κ2) is 6.83. The van der Waals surface area contributed by atoms with Gasteiger partial charge in [0.05, 0.1) is 15.1 Å². The summed E-state index contributed by atoms with van der Waals surface area (Å²) >= 11 is 1.72. The molecular formula is C11H14FIN2O3. The van der Waals surface area contributed by atoms with Gasteiger partial charge in [0.1, 0.15) is 11.5 Å². The molecule has 0 aliphatic rings. The molecule has 18 heavy (non-hydrogen) atoms. The fourth-order valence-corrected chi connectivity index (χ4v) is 2.12. The van der Waals surface area contributed by atoms with E-state index in [-0.39, 0.29) is 28.1 Å². The third-order valence-corrected chi connectivity index (χ3v) is 3.24. The van der Waals surface area contributed by atoms with E-state index in [1.54, 1.807) is 27.5 Å². The SMILES string of the molecule is CCCN(CCO)c1cc(F)c(I)cc1[N+](=O)[O-]. The molecule has 0 saturated heterocycles. The number of nitro groups is 1. The zero-order valence-corrected chi connectivity index (χ0v) is 12.1. The topological polar surface area (TPSA) is 66.6 Å². The molecule has 0 aliphatic heterocycles. The molecule has 0 radical (unpaired) electrons. The Morgan fingerprint density at radius 2 is 2.17 bits per heavy atom. The first-order chi connectivity index (χ1) is 8.51. The van der Waals surface area contributed by atoms with Gasteiger partial charge in [0.2, 0.25) is 0 Å². The van der Waals surface area contributed by atoms with Gasteiger partial charge in [0.15, 0.2) is 0 Å². The smallest absolute Gasteiger partial charge is 0.293 e. The van der Waals surface area contributed by atoms with Crippen LogP contribution in [0.2, 0.25) is 0 Å². The van der Waals surface area contributed by atoms with Crippen LogP contribution in [0.1, 0.15) is 13.3 Å². The van der Waals surface area contributed by atoms with Gasteiger partial charge in [-0.2, -0.15) is 0 Å². The summed E-state index contributed by atoms with van der Waals surface area (Å²) in [4.78, 5) is 12.1. The summed E-state index contributed by atoms with van der Waals surface area (Å²) in [5, 5.41) is 20.0. The highest BCUT2D eigenvalue weighted by atomic mass is 127. The highest BCUT2D eigenvalue weighted by Gasteiger charge is 2.21. The minimum atomic E-state index is -0.531. The molecule has 1 aromatic rings. The van der Waals surface area contributed by atoms with Gasteiger partial charge >= 0.3 is 0 Å². The molecule has 1 aromatic carbocycles. The number of halogens is 2. The summed E-state index contributed by atoms with van der Waals surface area (Å²) in [5.41, 5.74) is 0.0801. The Bertz CT molecular complexity index is 437. The average molecular weight is 368 g/mol. The lowest BCUT2D eigenvalue weighted by Crippen LogP contribution is -2.28. The predicted molar refractivity (Wildman–Crippen MR) is 75.4 cm³/mol. The van der Waals surface area contributed by atoms with Crippen molar-refractivity contribution in [2.24, 2.45) is 0 Å². The average Bonchev–Trinajstić information content (AvgIpc) is 2.31. The van der Waals surface area contributed by atoms with Crippen LogP contribution in [0.25, 0.3) is 0 Å². The highest BCUT2D eigenvalue weighted by Crippen LogP contribution is 2.31. The van der Waals surface area contributed by atoms with Gasteiger partial charge < -0.3 is 10.0 Å². The fourth-order valence-electron chi connectivity index (χ4n) is 1.67. The molecule has 100 valence electrons. The Kier molecular flexibility index (Phi) is 5.73. The number of hydrogen-bond acceptors (Lipinski definition) is 4. The summed E-state index contributed by atoms with van der Waals surface area (Å²) < 4.78 is 13.8. The second-order valence-electron chi connectivity index (χ2n) is 3.72. The number of aliphatic hydroxyl groups is 1. The maximum absolute atomic E-state index is 13.5. The quantitative estimate of drug-likeness (QED) is 0.476. The van der Waals surface area contributed by atoms with E-state index in [0.717, 1.165) is 12.5 Å². The van der Waals surface area contributed by atoms with E-state index in [9.17, 15) is 14.5 Å². The van der Waals surface area contributed by atoms with Gasteiger partial charge in [-0.05, 0) is 29.0 Å². The predicted octanol–water partition coefficient (Wildman–Crippen LogP) is 2.55. The van der Waals surface area contributed by atoms with Crippen molar-refractivity contribution in [1.29, 1.82) is 0 Å². The second-order valence-corrected chi connectivity index (χ2v) is 4.88. The third-order valence-electron chi connectivity index (χ3n) is 2.42. The van der Waals surface area contributed by atoms with E-state index in [4.69, 9.17) is 5.11 Å². The summed E-state index contributed by atoms with van der Waals surface area (Å²) in [6, 6.07) is 2.37. The molecule has 0 unspecified atom stereocenters. The number of nitro benzene ring substituents is 1. The molecule has 0 bridgehead atoms. The van der Waals surface area contributed by atoms with E-state index < -0.39 is 10.7 Å². The van der Waals surface area contributed by atoms with Crippen molar-refractivity contribution in [3.8, 4) is 0 Å². The Hall–Kier alpha value is -0.960. The van der Waals surface area contributed by atoms with Crippen LogP contribution >= 0.6 is 22.6 Å². The number of rotatable bonds is 6. The van der Waals surface area contributed by atoms with Crippen molar-refractivity contribution in [2.45, 2.75) is 13.3 Å². The Morgan fingerprint density at radius 1 is 1.50 bits per heavy atom. The first kappa shape index (κ1) is 15.1. The maximum atomic E-state index is 13.5. The zero-order chi connectivity index (χ0) is 13.7. The van der Waals surface area contributed by atoms with E-state index in [1.807, 2.05) is 6.92 Å². The summed E-state index contributed by atoms with van der Waals surface area (Å²) in [7, 11) is 0. The van der Waals surface area contributed by atoms with Gasteiger partial charge in [-0.25, -0.2) is 4.39 Å². The van der Waals surface area contributed by atoms with Gasteiger partial charge in [-0.3, -0.25) is 10.1 Å². The lowest BCUT2D eigenvalue weighted by molar-refractivity contribution is -0.384. The number of aliphatic hydroxyl groups excluding tert-OH is 1. The van der Waals surface area contributed by atoms with E-state index in [1.165, 1.54) is 6.07 Å². The number of hydrogen-bond donors (Lipinski definition) is 1. The van der Waals surface area contributed by atoms with Crippen LogP contribution in [-0.4, -0.2) is 29.7 Å². The minimum absolute atomic E-state index is 0.134. The lowest BCUT2D eigenvalue weighted by atomic mass is 10.2. The molecular weight excluding hydrogens is 354 g/mol. The maximum Gasteiger partial charge on any atom is 0.293 e. The largest absolute Gasteiger partial charge is 0.395 e. The molecule has 5 nitrogen and oxygen atoms in total. The van der Waals surface area contributed by atoms with Crippen molar-refractivity contribution < 1.29 is 14.4 Å². The number of anilines is 1. The van der Waals surface area contributed by atoms with Crippen LogP contribution < -0.4 is 4.90 Å². The standard InChI is InChI=1S/C11H14FIN2O3/c1-2-3-14(4-5-16)10-6-8(12)9(13)7-11(10)15(17)18/h6-7,16H,2-5H2,1H3. The molecule has 0 heterocycles. The molecule has 1 N–H and O–H groups in total. The molecule has 0 aliphatic carbocycles. The van der Waals surface area contributed by atoms with Crippen molar-refractivity contribution in [3.05, 3.63) is 31.6 Å². The molecule has 0 fully saturated rings. The number of benzene rings is 1. The summed E-state index contributed by atoms with van der Waals surface area (Å²) in [5.74, 6) is -0.491. The monoisotopic (exact) mass is 368 g/mol. The minimum Gasteiger partial charge on any atom is -0.395 e. The van der Waals surface area contributed by atoms with Crippen molar-refractivity contribution in [2.75, 3.05) is 24.6 Å². The number of nitrogens with zero attached hydrogens (tertiary/aromatic N) is 2. The Morgan fingerprint density at radius 3 is 2.67 bits per heavy atom. The molecule has 1 rings (SSSR count). The molecule has 0 aromatic heterocycles. The van der Waals surface area contributed by atoms with Crippen LogP contribution in [-0.2, 0) is 0 Å². The van der Waals surface area contributed by atoms with Gasteiger partial charge in [-0.15, -0.1) is 0 Å². The Balaban J connectivity index is 3.25. The molecule has 0 saturated carbocycles. The van der Waals surface area contributed by atoms with Crippen LogP contribution in [0.4, 0.5) is 15.8 Å². The van der Waals surface area contributed by atoms with Crippen LogP contribution in [0, 0.1) is 19.5 Å². The highest BCUT2D eigenvalue weighted by molar-refractivity contribution is 14.1. The van der Waals surface area contributed by atoms with Crippen LogP contribution in [0.3, 0.4) is 0 Å². The first-order valence-electron chi connectivity index (χ1n) is 5.50. The molecule has 0 amide bonds. The summed E-state index contributed by atoms with van der Waals surface area (Å²) in [6.45, 7) is 2.56. The van der Waals surface area contributed by atoms with Crippen molar-refractivity contribution in [3.63, 3.8) is 0 Å².